The van der Waals surface area contributed by atoms with E-state index < -0.39 is 21.5 Å². The number of carbonyl (C=O) groups excluding carboxylic acids is 1. The van der Waals surface area contributed by atoms with Crippen LogP contribution in [0.15, 0.2) is 36.7 Å². The Hall–Kier alpha value is -3.93. The van der Waals surface area contributed by atoms with Gasteiger partial charge in [0.05, 0.1) is 36.4 Å². The molecular weight excluding hydrogens is 532 g/mol. The van der Waals surface area contributed by atoms with E-state index in [1.54, 1.807) is 23.2 Å². The molecule has 2 aromatic heterocycles. The summed E-state index contributed by atoms with van der Waals surface area (Å²) in [6, 6.07) is 7.19. The number of ether oxygens (including phenoxy) is 2. The molecule has 0 saturated heterocycles. The topological polar surface area (TPSA) is 127 Å². The predicted molar refractivity (Wildman–Crippen MR) is 153 cm³/mol. The standard InChI is InChI=1S/C28H34N6O5S/c1-18-23(15-29-25-24(18)34(12-13-38-25)27(35)39-28(2,3)4)33-11-10-20-14-30-26(32-22(20)16-33)31-21-8-6-19(7-9-21)17-40(5,36)37/h6-9,14-15H,10-13,16-17H2,1-5H3,(H,30,31,32). The zero-order valence-corrected chi connectivity index (χ0v) is 24.2. The molecule has 4 heterocycles. The van der Waals surface area contributed by atoms with Gasteiger partial charge in [-0.05, 0) is 57.4 Å². The smallest absolute Gasteiger partial charge is 0.415 e. The van der Waals surface area contributed by atoms with Crippen molar-refractivity contribution in [1.82, 2.24) is 15.0 Å². The minimum atomic E-state index is -3.10. The van der Waals surface area contributed by atoms with Crippen molar-refractivity contribution >= 4 is 38.9 Å². The Morgan fingerprint density at radius 1 is 1.12 bits per heavy atom. The highest BCUT2D eigenvalue weighted by molar-refractivity contribution is 7.89. The van der Waals surface area contributed by atoms with Gasteiger partial charge in [0.15, 0.2) is 9.84 Å². The minimum absolute atomic E-state index is 0.00289. The lowest BCUT2D eigenvalue weighted by Gasteiger charge is -2.35. The Morgan fingerprint density at radius 2 is 1.88 bits per heavy atom. The second-order valence-corrected chi connectivity index (χ2v) is 13.3. The van der Waals surface area contributed by atoms with Crippen molar-refractivity contribution in [3.05, 3.63) is 59.0 Å². The van der Waals surface area contributed by atoms with E-state index in [-0.39, 0.29) is 5.75 Å². The number of hydrogen-bond donors (Lipinski definition) is 1. The number of benzene rings is 1. The van der Waals surface area contributed by atoms with E-state index in [4.69, 9.17) is 14.5 Å². The Morgan fingerprint density at radius 3 is 2.58 bits per heavy atom. The third-order valence-electron chi connectivity index (χ3n) is 6.61. The van der Waals surface area contributed by atoms with Crippen LogP contribution in [0.5, 0.6) is 5.88 Å². The van der Waals surface area contributed by atoms with Crippen LogP contribution >= 0.6 is 0 Å². The van der Waals surface area contributed by atoms with Gasteiger partial charge < -0.3 is 19.7 Å². The van der Waals surface area contributed by atoms with Gasteiger partial charge in [-0.25, -0.2) is 28.2 Å². The summed E-state index contributed by atoms with van der Waals surface area (Å²) in [6.45, 7) is 9.54. The second-order valence-electron chi connectivity index (χ2n) is 11.1. The van der Waals surface area contributed by atoms with Crippen molar-refractivity contribution in [2.75, 3.05) is 41.1 Å². The zero-order chi connectivity index (χ0) is 28.7. The molecule has 1 aromatic carbocycles. The number of nitrogens with one attached hydrogen (secondary N) is 1. The first kappa shape index (κ1) is 27.6. The average Bonchev–Trinajstić information content (AvgIpc) is 2.87. The number of carbonyl (C=O) groups is 1. The Balaban J connectivity index is 1.35. The fourth-order valence-corrected chi connectivity index (χ4v) is 5.63. The van der Waals surface area contributed by atoms with Gasteiger partial charge in [0.1, 0.15) is 17.9 Å². The molecule has 2 aliphatic heterocycles. The molecule has 11 nitrogen and oxygen atoms in total. The third kappa shape index (κ3) is 6.27. The van der Waals surface area contributed by atoms with Crippen LogP contribution in [0.25, 0.3) is 0 Å². The van der Waals surface area contributed by atoms with E-state index in [0.29, 0.717) is 37.2 Å². The first-order chi connectivity index (χ1) is 18.9. The molecule has 12 heteroatoms. The van der Waals surface area contributed by atoms with Crippen LogP contribution in [0.4, 0.5) is 27.8 Å². The van der Waals surface area contributed by atoms with Crippen molar-refractivity contribution in [2.24, 2.45) is 0 Å². The molecule has 0 atom stereocenters. The summed E-state index contributed by atoms with van der Waals surface area (Å²) < 4.78 is 34.5. The molecule has 0 radical (unpaired) electrons. The second kappa shape index (κ2) is 10.6. The lowest BCUT2D eigenvalue weighted by molar-refractivity contribution is 0.0566. The molecule has 0 saturated carbocycles. The van der Waals surface area contributed by atoms with Gasteiger partial charge in [-0.2, -0.15) is 0 Å². The molecule has 40 heavy (non-hydrogen) atoms. The molecule has 1 amide bonds. The maximum Gasteiger partial charge on any atom is 0.415 e. The Bertz CT molecular complexity index is 1540. The Labute approximate surface area is 234 Å². The molecule has 212 valence electrons. The normalized spacial score (nSPS) is 15.1. The van der Waals surface area contributed by atoms with Crippen LogP contribution in [0.3, 0.4) is 0 Å². The molecule has 0 spiro atoms. The van der Waals surface area contributed by atoms with Gasteiger partial charge in [0, 0.05) is 30.2 Å². The summed E-state index contributed by atoms with van der Waals surface area (Å²) in [5, 5.41) is 3.21. The van der Waals surface area contributed by atoms with Gasteiger partial charge in [-0.15, -0.1) is 0 Å². The van der Waals surface area contributed by atoms with Crippen LogP contribution in [0.2, 0.25) is 0 Å². The number of pyridine rings is 1. The Kier molecular flexibility index (Phi) is 7.30. The van der Waals surface area contributed by atoms with Crippen LogP contribution in [0.1, 0.15) is 43.2 Å². The van der Waals surface area contributed by atoms with Crippen LogP contribution in [0, 0.1) is 6.92 Å². The molecule has 0 fully saturated rings. The van der Waals surface area contributed by atoms with E-state index in [1.165, 1.54) is 6.26 Å². The maximum absolute atomic E-state index is 13.0. The largest absolute Gasteiger partial charge is 0.474 e. The quantitative estimate of drug-likeness (QED) is 0.481. The monoisotopic (exact) mass is 566 g/mol. The molecule has 5 rings (SSSR count). The average molecular weight is 567 g/mol. The number of nitrogens with zero attached hydrogens (tertiary/aromatic N) is 5. The lowest BCUT2D eigenvalue weighted by atomic mass is 10.0. The van der Waals surface area contributed by atoms with Crippen molar-refractivity contribution < 1.29 is 22.7 Å². The van der Waals surface area contributed by atoms with E-state index >= 15 is 0 Å². The number of fused-ring (bicyclic) bond motifs is 2. The summed E-state index contributed by atoms with van der Waals surface area (Å²) >= 11 is 0. The van der Waals surface area contributed by atoms with E-state index in [9.17, 15) is 13.2 Å². The summed E-state index contributed by atoms with van der Waals surface area (Å²) in [4.78, 5) is 30.6. The first-order valence-electron chi connectivity index (χ1n) is 13.1. The number of hydrogen-bond acceptors (Lipinski definition) is 10. The third-order valence-corrected chi connectivity index (χ3v) is 7.47. The minimum Gasteiger partial charge on any atom is -0.474 e. The number of sulfone groups is 1. The summed E-state index contributed by atoms with van der Waals surface area (Å²) in [7, 11) is -3.10. The highest BCUT2D eigenvalue weighted by Gasteiger charge is 2.32. The van der Waals surface area contributed by atoms with Crippen LogP contribution in [-0.2, 0) is 33.3 Å². The van der Waals surface area contributed by atoms with Crippen LogP contribution in [-0.4, -0.2) is 61.0 Å². The predicted octanol–water partition coefficient (Wildman–Crippen LogP) is 4.16. The molecule has 0 unspecified atom stereocenters. The van der Waals surface area contributed by atoms with E-state index in [0.717, 1.165) is 46.7 Å². The van der Waals surface area contributed by atoms with Gasteiger partial charge in [0.25, 0.3) is 0 Å². The zero-order valence-electron chi connectivity index (χ0n) is 23.4. The summed E-state index contributed by atoms with van der Waals surface area (Å²) in [5.74, 6) is 0.880. The fraction of sp³-hybridized carbons (Fsp3) is 0.429. The first-order valence-corrected chi connectivity index (χ1v) is 15.2. The van der Waals surface area contributed by atoms with Crippen molar-refractivity contribution in [1.29, 1.82) is 0 Å². The highest BCUT2D eigenvalue weighted by atomic mass is 32.2. The summed E-state index contributed by atoms with van der Waals surface area (Å²) in [6.07, 6.45) is 5.19. The van der Waals surface area contributed by atoms with Gasteiger partial charge in [-0.3, -0.25) is 4.90 Å². The molecular formula is C28H34N6O5S. The molecule has 3 aromatic rings. The lowest BCUT2D eigenvalue weighted by Crippen LogP contribution is -2.42. The molecule has 0 bridgehead atoms. The van der Waals surface area contributed by atoms with E-state index in [2.05, 4.69) is 20.2 Å². The van der Waals surface area contributed by atoms with Gasteiger partial charge in [-0.1, -0.05) is 12.1 Å². The summed E-state index contributed by atoms with van der Waals surface area (Å²) in [5.41, 5.74) is 5.27. The van der Waals surface area contributed by atoms with Gasteiger partial charge in [0.2, 0.25) is 11.8 Å². The fourth-order valence-electron chi connectivity index (χ4n) is 4.83. The molecule has 2 aliphatic rings. The van der Waals surface area contributed by atoms with Crippen LogP contribution < -0.4 is 19.9 Å². The SMILES string of the molecule is Cc1c(N2CCc3cnc(Nc4ccc(CS(C)(=O)=O)cc4)nc3C2)cnc2c1N(C(=O)OC(C)(C)C)CCO2. The number of amides is 1. The van der Waals surface area contributed by atoms with Crippen molar-refractivity contribution in [3.8, 4) is 5.88 Å². The van der Waals surface area contributed by atoms with Gasteiger partial charge >= 0.3 is 6.09 Å². The molecule has 0 aliphatic carbocycles. The highest BCUT2D eigenvalue weighted by Crippen LogP contribution is 2.39. The molecule has 1 N–H and O–H groups in total. The number of aromatic nitrogens is 3. The van der Waals surface area contributed by atoms with Crippen molar-refractivity contribution in [3.63, 3.8) is 0 Å². The van der Waals surface area contributed by atoms with Crippen molar-refractivity contribution in [2.45, 2.75) is 52.0 Å². The van der Waals surface area contributed by atoms with E-state index in [1.807, 2.05) is 46.0 Å². The number of rotatable bonds is 5. The maximum atomic E-state index is 13.0. The number of anilines is 4.